The van der Waals surface area contributed by atoms with E-state index < -0.39 is 0 Å². The van der Waals surface area contributed by atoms with Gasteiger partial charge < -0.3 is 19.5 Å². The fourth-order valence-corrected chi connectivity index (χ4v) is 4.10. The predicted octanol–water partition coefficient (Wildman–Crippen LogP) is 2.35. The number of nitrogens with zero attached hydrogens (tertiary/aromatic N) is 2. The summed E-state index contributed by atoms with van der Waals surface area (Å²) in [7, 11) is 0. The Morgan fingerprint density at radius 3 is 2.68 bits per heavy atom. The van der Waals surface area contributed by atoms with E-state index in [2.05, 4.69) is 18.3 Å². The third-order valence-electron chi connectivity index (χ3n) is 5.89. The number of rotatable bonds is 5. The van der Waals surface area contributed by atoms with Gasteiger partial charge in [0, 0.05) is 51.0 Å². The SMILES string of the molecule is C[C@H]1C[C@H]1c1ccc(CCC(=O)N2CCC(N3CCNC3=O)CC2)o1. The van der Waals surface area contributed by atoms with Crippen LogP contribution in [0.2, 0.25) is 0 Å². The lowest BCUT2D eigenvalue weighted by molar-refractivity contribution is -0.132. The second-order valence-corrected chi connectivity index (χ2v) is 7.66. The average Bonchev–Trinajstić information content (AvgIpc) is 3.01. The summed E-state index contributed by atoms with van der Waals surface area (Å²) >= 11 is 0. The van der Waals surface area contributed by atoms with Crippen LogP contribution in [0.4, 0.5) is 4.79 Å². The molecule has 6 nitrogen and oxygen atoms in total. The molecule has 6 heteroatoms. The molecular formula is C19H27N3O3. The third kappa shape index (κ3) is 3.53. The van der Waals surface area contributed by atoms with Gasteiger partial charge >= 0.3 is 6.03 Å². The minimum atomic E-state index is 0.0448. The van der Waals surface area contributed by atoms with Crippen LogP contribution >= 0.6 is 0 Å². The van der Waals surface area contributed by atoms with Gasteiger partial charge in [-0.2, -0.15) is 0 Å². The number of hydrogen-bond donors (Lipinski definition) is 1. The number of carbonyl (C=O) groups excluding carboxylic acids is 2. The Balaban J connectivity index is 1.22. The highest BCUT2D eigenvalue weighted by atomic mass is 16.3. The summed E-state index contributed by atoms with van der Waals surface area (Å²) in [5, 5.41) is 2.85. The molecule has 0 radical (unpaired) electrons. The van der Waals surface area contributed by atoms with Gasteiger partial charge in [-0.15, -0.1) is 0 Å². The van der Waals surface area contributed by atoms with Crippen LogP contribution in [-0.2, 0) is 11.2 Å². The maximum atomic E-state index is 12.5. The molecule has 2 atom stereocenters. The molecule has 1 saturated carbocycles. The van der Waals surface area contributed by atoms with Crippen molar-refractivity contribution in [3.05, 3.63) is 23.7 Å². The molecule has 3 aliphatic rings. The van der Waals surface area contributed by atoms with Crippen molar-refractivity contribution in [3.63, 3.8) is 0 Å². The summed E-state index contributed by atoms with van der Waals surface area (Å²) in [5.74, 6) is 3.53. The highest BCUT2D eigenvalue weighted by Gasteiger charge is 2.36. The van der Waals surface area contributed by atoms with Crippen LogP contribution in [0.25, 0.3) is 0 Å². The van der Waals surface area contributed by atoms with Crippen molar-refractivity contribution in [3.8, 4) is 0 Å². The van der Waals surface area contributed by atoms with Gasteiger partial charge in [0.1, 0.15) is 11.5 Å². The van der Waals surface area contributed by atoms with Crippen molar-refractivity contribution in [2.45, 2.75) is 51.0 Å². The van der Waals surface area contributed by atoms with Crippen molar-refractivity contribution in [2.75, 3.05) is 26.2 Å². The van der Waals surface area contributed by atoms with Crippen LogP contribution in [0, 0.1) is 5.92 Å². The van der Waals surface area contributed by atoms with Crippen LogP contribution in [0.5, 0.6) is 0 Å². The maximum absolute atomic E-state index is 12.5. The normalized spacial score (nSPS) is 26.8. The number of likely N-dealkylation sites (tertiary alicyclic amines) is 1. The number of nitrogens with one attached hydrogen (secondary N) is 1. The van der Waals surface area contributed by atoms with Crippen molar-refractivity contribution in [2.24, 2.45) is 5.92 Å². The average molecular weight is 345 g/mol. The molecule has 136 valence electrons. The molecule has 0 spiro atoms. The fraction of sp³-hybridized carbons (Fsp3) is 0.684. The lowest BCUT2D eigenvalue weighted by Crippen LogP contribution is -2.47. The number of aryl methyl sites for hydroxylation is 1. The minimum Gasteiger partial charge on any atom is -0.466 e. The lowest BCUT2D eigenvalue weighted by Gasteiger charge is -2.36. The summed E-state index contributed by atoms with van der Waals surface area (Å²) in [5.41, 5.74) is 0. The molecule has 0 bridgehead atoms. The van der Waals surface area contributed by atoms with Gasteiger partial charge in [0.15, 0.2) is 0 Å². The Labute approximate surface area is 148 Å². The molecular weight excluding hydrogens is 318 g/mol. The van der Waals surface area contributed by atoms with E-state index in [1.807, 2.05) is 15.9 Å². The summed E-state index contributed by atoms with van der Waals surface area (Å²) in [6.45, 7) is 5.26. The predicted molar refractivity (Wildman–Crippen MR) is 93.3 cm³/mol. The Morgan fingerprint density at radius 1 is 1.28 bits per heavy atom. The van der Waals surface area contributed by atoms with E-state index in [1.54, 1.807) is 0 Å². The quantitative estimate of drug-likeness (QED) is 0.891. The zero-order valence-corrected chi connectivity index (χ0v) is 14.9. The molecule has 2 saturated heterocycles. The molecule has 3 heterocycles. The summed E-state index contributed by atoms with van der Waals surface area (Å²) in [6.07, 6.45) is 4.15. The summed E-state index contributed by atoms with van der Waals surface area (Å²) < 4.78 is 5.89. The van der Waals surface area contributed by atoms with Crippen molar-refractivity contribution in [1.82, 2.24) is 15.1 Å². The number of urea groups is 1. The minimum absolute atomic E-state index is 0.0448. The monoisotopic (exact) mass is 345 g/mol. The van der Waals surface area contributed by atoms with Gasteiger partial charge in [0.2, 0.25) is 5.91 Å². The molecule has 3 fully saturated rings. The van der Waals surface area contributed by atoms with E-state index in [1.165, 1.54) is 6.42 Å². The smallest absolute Gasteiger partial charge is 0.317 e. The maximum Gasteiger partial charge on any atom is 0.317 e. The molecule has 2 aliphatic heterocycles. The zero-order chi connectivity index (χ0) is 17.4. The van der Waals surface area contributed by atoms with Gasteiger partial charge in [0.25, 0.3) is 0 Å². The topological polar surface area (TPSA) is 65.8 Å². The zero-order valence-electron chi connectivity index (χ0n) is 14.9. The first-order valence-corrected chi connectivity index (χ1v) is 9.52. The highest BCUT2D eigenvalue weighted by Crippen LogP contribution is 2.47. The lowest BCUT2D eigenvalue weighted by atomic mass is 10.0. The number of amides is 3. The van der Waals surface area contributed by atoms with Gasteiger partial charge in [-0.25, -0.2) is 4.79 Å². The van der Waals surface area contributed by atoms with Gasteiger partial charge in [0.05, 0.1) is 0 Å². The first-order valence-electron chi connectivity index (χ1n) is 9.52. The van der Waals surface area contributed by atoms with Crippen LogP contribution in [-0.4, -0.2) is 54.0 Å². The molecule has 25 heavy (non-hydrogen) atoms. The molecule has 3 amide bonds. The highest BCUT2D eigenvalue weighted by molar-refractivity contribution is 5.77. The number of carbonyl (C=O) groups is 2. The first-order chi connectivity index (χ1) is 12.1. The van der Waals surface area contributed by atoms with Crippen LogP contribution < -0.4 is 5.32 Å². The molecule has 1 aliphatic carbocycles. The molecule has 1 aromatic heterocycles. The fourth-order valence-electron chi connectivity index (χ4n) is 4.10. The molecule has 0 aromatic carbocycles. The largest absolute Gasteiger partial charge is 0.466 e. The van der Waals surface area contributed by atoms with E-state index in [0.717, 1.165) is 56.5 Å². The Bertz CT molecular complexity index is 648. The molecule has 0 unspecified atom stereocenters. The number of hydrogen-bond acceptors (Lipinski definition) is 3. The summed E-state index contributed by atoms with van der Waals surface area (Å²) in [4.78, 5) is 28.1. The van der Waals surface area contributed by atoms with Crippen LogP contribution in [0.3, 0.4) is 0 Å². The molecule has 1 aromatic rings. The van der Waals surface area contributed by atoms with Crippen LogP contribution in [0.1, 0.15) is 50.0 Å². The first kappa shape index (κ1) is 16.5. The van der Waals surface area contributed by atoms with Gasteiger partial charge in [-0.3, -0.25) is 4.79 Å². The number of piperidine rings is 1. The molecule has 1 N–H and O–H groups in total. The second kappa shape index (κ2) is 6.73. The van der Waals surface area contributed by atoms with Crippen molar-refractivity contribution < 1.29 is 14.0 Å². The van der Waals surface area contributed by atoms with Gasteiger partial charge in [-0.1, -0.05) is 6.92 Å². The standard InChI is InChI=1S/C19H27N3O3/c1-13-12-16(13)17-4-2-15(25-17)3-5-18(23)21-9-6-14(7-10-21)22-11-8-20-19(22)24/h2,4,13-14,16H,3,5-12H2,1H3,(H,20,24)/t13-,16+/m0/s1. The molecule has 4 rings (SSSR count). The van der Waals surface area contributed by atoms with E-state index >= 15 is 0 Å². The van der Waals surface area contributed by atoms with E-state index in [-0.39, 0.29) is 18.0 Å². The Hall–Kier alpha value is -1.98. The van der Waals surface area contributed by atoms with Gasteiger partial charge in [-0.05, 0) is 37.3 Å². The van der Waals surface area contributed by atoms with Crippen molar-refractivity contribution >= 4 is 11.9 Å². The summed E-state index contributed by atoms with van der Waals surface area (Å²) in [6, 6.07) is 4.41. The van der Waals surface area contributed by atoms with E-state index in [9.17, 15) is 9.59 Å². The van der Waals surface area contributed by atoms with E-state index in [0.29, 0.717) is 18.8 Å². The van der Waals surface area contributed by atoms with E-state index in [4.69, 9.17) is 4.42 Å². The Morgan fingerprint density at radius 2 is 2.04 bits per heavy atom. The number of furan rings is 1. The third-order valence-corrected chi connectivity index (χ3v) is 5.89. The van der Waals surface area contributed by atoms with Crippen LogP contribution in [0.15, 0.2) is 16.5 Å². The van der Waals surface area contributed by atoms with Crippen molar-refractivity contribution in [1.29, 1.82) is 0 Å². The second-order valence-electron chi connectivity index (χ2n) is 7.66. The Kier molecular flexibility index (Phi) is 4.44.